The van der Waals surface area contributed by atoms with Gasteiger partial charge in [-0.05, 0) is 24.5 Å². The largest absolute Gasteiger partial charge is 0.493 e. The summed E-state index contributed by atoms with van der Waals surface area (Å²) in [6, 6.07) is 12.8. The molecular weight excluding hydrogens is 386 g/mol. The zero-order valence-corrected chi connectivity index (χ0v) is 17.1. The molecule has 1 aromatic heterocycles. The molecule has 1 heterocycles. The van der Waals surface area contributed by atoms with Crippen LogP contribution in [0.4, 0.5) is 0 Å². The molecule has 3 aromatic rings. The van der Waals surface area contributed by atoms with E-state index in [2.05, 4.69) is 10.3 Å². The second-order valence-electron chi connectivity index (χ2n) is 6.86. The zero-order chi connectivity index (χ0) is 21.5. The minimum absolute atomic E-state index is 0.0598. The molecule has 30 heavy (non-hydrogen) atoms. The van der Waals surface area contributed by atoms with Gasteiger partial charge in [0.2, 0.25) is 5.91 Å². The number of carbonyl (C=O) groups is 1. The van der Waals surface area contributed by atoms with E-state index in [4.69, 9.17) is 9.47 Å². The summed E-state index contributed by atoms with van der Waals surface area (Å²) < 4.78 is 11.6. The maximum absolute atomic E-state index is 12.8. The summed E-state index contributed by atoms with van der Waals surface area (Å²) in [6.45, 7) is 0.708. The molecule has 8 nitrogen and oxygen atoms in total. The highest BCUT2D eigenvalue weighted by atomic mass is 16.5. The Morgan fingerprint density at radius 3 is 2.43 bits per heavy atom. The van der Waals surface area contributed by atoms with E-state index in [1.807, 2.05) is 30.3 Å². The molecule has 0 aliphatic carbocycles. The Morgan fingerprint density at radius 2 is 1.73 bits per heavy atom. The first-order chi connectivity index (χ1) is 14.5. The summed E-state index contributed by atoms with van der Waals surface area (Å²) in [5, 5.41) is 3.21. The third kappa shape index (κ3) is 4.89. The number of hydrogen-bond acceptors (Lipinski definition) is 5. The zero-order valence-electron chi connectivity index (χ0n) is 17.1. The number of hydrogen-bond donors (Lipinski definition) is 2. The number of nitrogens with zero attached hydrogens (tertiary/aromatic N) is 1. The maximum Gasteiger partial charge on any atom is 0.328 e. The molecular formula is C22H25N3O5. The van der Waals surface area contributed by atoms with Gasteiger partial charge in [-0.15, -0.1) is 0 Å². The Bertz CT molecular complexity index is 1140. The average Bonchev–Trinajstić information content (AvgIpc) is 2.77. The first-order valence-electron chi connectivity index (χ1n) is 9.73. The van der Waals surface area contributed by atoms with Gasteiger partial charge in [0.05, 0.1) is 25.1 Å². The van der Waals surface area contributed by atoms with E-state index in [0.717, 1.165) is 10.1 Å². The fourth-order valence-corrected chi connectivity index (χ4v) is 3.22. The van der Waals surface area contributed by atoms with E-state index in [1.54, 1.807) is 12.1 Å². The molecule has 0 unspecified atom stereocenters. The molecule has 0 aliphatic rings. The van der Waals surface area contributed by atoms with E-state index in [9.17, 15) is 14.4 Å². The molecule has 0 spiro atoms. The standard InChI is InChI=1S/C22H25N3O5/c1-29-18-12-16-17(13-19(18)30-2)24-22(28)25(21(16)27)11-7-6-10-20(26)23-14-15-8-4-3-5-9-15/h3-5,8-9,12-13H,6-7,10-11,14H2,1-2H3,(H,23,26)(H,24,28). The Labute approximate surface area is 173 Å². The molecule has 0 bridgehead atoms. The Kier molecular flexibility index (Phi) is 6.90. The van der Waals surface area contributed by atoms with Gasteiger partial charge in [0.25, 0.3) is 5.56 Å². The predicted molar refractivity (Wildman–Crippen MR) is 114 cm³/mol. The molecule has 0 saturated carbocycles. The highest BCUT2D eigenvalue weighted by Gasteiger charge is 2.13. The Morgan fingerprint density at radius 1 is 1.03 bits per heavy atom. The number of nitrogens with one attached hydrogen (secondary N) is 2. The number of fused-ring (bicyclic) bond motifs is 1. The quantitative estimate of drug-likeness (QED) is 0.526. The predicted octanol–water partition coefficient (Wildman–Crippen LogP) is 2.19. The highest BCUT2D eigenvalue weighted by Crippen LogP contribution is 2.29. The number of amides is 1. The third-order valence-electron chi connectivity index (χ3n) is 4.85. The number of unbranched alkanes of at least 4 members (excludes halogenated alkanes) is 1. The van der Waals surface area contributed by atoms with Crippen LogP contribution in [-0.4, -0.2) is 29.7 Å². The number of benzene rings is 2. The van der Waals surface area contributed by atoms with Crippen LogP contribution < -0.4 is 26.0 Å². The van der Waals surface area contributed by atoms with Crippen molar-refractivity contribution in [2.75, 3.05) is 14.2 Å². The van der Waals surface area contributed by atoms with Gasteiger partial charge in [-0.3, -0.25) is 14.2 Å². The summed E-state index contributed by atoms with van der Waals surface area (Å²) >= 11 is 0. The first kappa shape index (κ1) is 21.2. The number of aromatic amines is 1. The summed E-state index contributed by atoms with van der Waals surface area (Å²) in [6.07, 6.45) is 1.43. The second kappa shape index (κ2) is 9.78. The van der Waals surface area contributed by atoms with Crippen molar-refractivity contribution >= 4 is 16.8 Å². The fraction of sp³-hybridized carbons (Fsp3) is 0.318. The number of aromatic nitrogens is 2. The van der Waals surface area contributed by atoms with Gasteiger partial charge in [-0.25, -0.2) is 4.79 Å². The van der Waals surface area contributed by atoms with Gasteiger partial charge in [0.1, 0.15) is 0 Å². The number of methoxy groups -OCH3 is 2. The lowest BCUT2D eigenvalue weighted by atomic mass is 10.2. The third-order valence-corrected chi connectivity index (χ3v) is 4.85. The number of H-pyrrole nitrogens is 1. The van der Waals surface area contributed by atoms with Crippen molar-refractivity contribution in [1.82, 2.24) is 14.9 Å². The van der Waals surface area contributed by atoms with Crippen molar-refractivity contribution in [2.45, 2.75) is 32.4 Å². The van der Waals surface area contributed by atoms with Crippen LogP contribution in [0.1, 0.15) is 24.8 Å². The first-order valence-corrected chi connectivity index (χ1v) is 9.73. The van der Waals surface area contributed by atoms with E-state index in [0.29, 0.717) is 48.2 Å². The molecule has 2 N–H and O–H groups in total. The monoisotopic (exact) mass is 411 g/mol. The van der Waals surface area contributed by atoms with Crippen LogP contribution in [0.25, 0.3) is 10.9 Å². The van der Waals surface area contributed by atoms with Gasteiger partial charge < -0.3 is 19.8 Å². The molecule has 8 heteroatoms. The SMILES string of the molecule is COc1cc2[nH]c(=O)n(CCCCC(=O)NCc3ccccc3)c(=O)c2cc1OC. The number of carbonyl (C=O) groups excluding carboxylic acids is 1. The van der Waals surface area contributed by atoms with E-state index < -0.39 is 11.2 Å². The average molecular weight is 411 g/mol. The molecule has 0 fully saturated rings. The second-order valence-corrected chi connectivity index (χ2v) is 6.86. The van der Waals surface area contributed by atoms with Crippen LogP contribution in [0.2, 0.25) is 0 Å². The fourth-order valence-electron chi connectivity index (χ4n) is 3.22. The van der Waals surface area contributed by atoms with Gasteiger partial charge >= 0.3 is 5.69 Å². The summed E-state index contributed by atoms with van der Waals surface area (Å²) in [4.78, 5) is 39.8. The van der Waals surface area contributed by atoms with E-state index in [1.165, 1.54) is 14.2 Å². The minimum Gasteiger partial charge on any atom is -0.493 e. The molecule has 1 amide bonds. The highest BCUT2D eigenvalue weighted by molar-refractivity contribution is 5.81. The molecule has 0 radical (unpaired) electrons. The van der Waals surface area contributed by atoms with Crippen LogP contribution in [-0.2, 0) is 17.9 Å². The molecule has 0 atom stereocenters. The van der Waals surface area contributed by atoms with Crippen LogP contribution in [0.5, 0.6) is 11.5 Å². The number of ether oxygens (including phenoxy) is 2. The lowest BCUT2D eigenvalue weighted by molar-refractivity contribution is -0.121. The summed E-state index contributed by atoms with van der Waals surface area (Å²) in [5.74, 6) is 0.783. The van der Waals surface area contributed by atoms with Crippen molar-refractivity contribution < 1.29 is 14.3 Å². The lowest BCUT2D eigenvalue weighted by Gasteiger charge is -2.11. The Hall–Kier alpha value is -3.55. The van der Waals surface area contributed by atoms with Gasteiger partial charge in [-0.1, -0.05) is 30.3 Å². The molecule has 0 saturated heterocycles. The van der Waals surface area contributed by atoms with Crippen LogP contribution in [0.15, 0.2) is 52.1 Å². The van der Waals surface area contributed by atoms with Crippen molar-refractivity contribution in [3.63, 3.8) is 0 Å². The Balaban J connectivity index is 1.61. The van der Waals surface area contributed by atoms with Crippen molar-refractivity contribution in [3.8, 4) is 11.5 Å². The van der Waals surface area contributed by atoms with Crippen LogP contribution >= 0.6 is 0 Å². The normalized spacial score (nSPS) is 10.7. The van der Waals surface area contributed by atoms with E-state index >= 15 is 0 Å². The van der Waals surface area contributed by atoms with Gasteiger partial charge in [0.15, 0.2) is 11.5 Å². The molecule has 3 rings (SSSR count). The molecule has 0 aliphatic heterocycles. The van der Waals surface area contributed by atoms with Crippen LogP contribution in [0.3, 0.4) is 0 Å². The summed E-state index contributed by atoms with van der Waals surface area (Å²) in [7, 11) is 2.97. The van der Waals surface area contributed by atoms with E-state index in [-0.39, 0.29) is 12.5 Å². The number of rotatable bonds is 9. The van der Waals surface area contributed by atoms with Gasteiger partial charge in [-0.2, -0.15) is 0 Å². The topological polar surface area (TPSA) is 102 Å². The maximum atomic E-state index is 12.8. The van der Waals surface area contributed by atoms with Crippen LogP contribution in [0, 0.1) is 0 Å². The van der Waals surface area contributed by atoms with Crippen molar-refractivity contribution in [1.29, 1.82) is 0 Å². The minimum atomic E-state index is -0.492. The smallest absolute Gasteiger partial charge is 0.328 e. The lowest BCUT2D eigenvalue weighted by Crippen LogP contribution is -2.35. The van der Waals surface area contributed by atoms with Crippen molar-refractivity contribution in [3.05, 3.63) is 68.9 Å². The molecule has 2 aromatic carbocycles. The van der Waals surface area contributed by atoms with Crippen molar-refractivity contribution in [2.24, 2.45) is 0 Å². The molecule has 158 valence electrons. The summed E-state index contributed by atoms with van der Waals surface area (Å²) in [5.41, 5.74) is 0.530. The van der Waals surface area contributed by atoms with Gasteiger partial charge in [0, 0.05) is 25.6 Å².